The van der Waals surface area contributed by atoms with Gasteiger partial charge in [-0.25, -0.2) is 14.5 Å². The number of aryl methyl sites for hydroxylation is 1. The Bertz CT molecular complexity index is 1180. The standard InChI is InChI=1S/C19H17ClN4O3/c1-3-12-9-21-19(27-12)13-10-22-24-17(25)8-15(23-18(13)24)11-5-6-14(20)16(7-11)26-4-2/h5-10,22H,3-4H2,1-2H3. The van der Waals surface area contributed by atoms with Crippen molar-refractivity contribution in [2.24, 2.45) is 0 Å². The number of H-pyrrole nitrogens is 1. The second-order valence-corrected chi connectivity index (χ2v) is 6.30. The molecule has 1 N–H and O–H groups in total. The average molecular weight is 385 g/mol. The summed E-state index contributed by atoms with van der Waals surface area (Å²) in [5, 5.41) is 3.40. The van der Waals surface area contributed by atoms with Gasteiger partial charge in [-0.2, -0.15) is 0 Å². The monoisotopic (exact) mass is 384 g/mol. The SMILES string of the molecule is CCOc1cc(-c2cc(=O)n3[nH]cc(-c4ncc(CC)o4)c3n2)ccc1Cl. The van der Waals surface area contributed by atoms with Gasteiger partial charge < -0.3 is 9.15 Å². The molecule has 1 aromatic carbocycles. The van der Waals surface area contributed by atoms with E-state index in [-0.39, 0.29) is 5.56 Å². The zero-order valence-electron chi connectivity index (χ0n) is 14.8. The predicted molar refractivity (Wildman–Crippen MR) is 102 cm³/mol. The van der Waals surface area contributed by atoms with Crippen molar-refractivity contribution in [1.29, 1.82) is 0 Å². The van der Waals surface area contributed by atoms with Crippen LogP contribution >= 0.6 is 11.6 Å². The van der Waals surface area contributed by atoms with Crippen LogP contribution in [-0.4, -0.2) is 26.2 Å². The van der Waals surface area contributed by atoms with Crippen molar-refractivity contribution in [2.45, 2.75) is 20.3 Å². The highest BCUT2D eigenvalue weighted by Crippen LogP contribution is 2.30. The summed E-state index contributed by atoms with van der Waals surface area (Å²) in [5.74, 6) is 1.73. The van der Waals surface area contributed by atoms with Crippen LogP contribution in [0.1, 0.15) is 19.6 Å². The maximum absolute atomic E-state index is 12.5. The fraction of sp³-hybridized carbons (Fsp3) is 0.211. The fourth-order valence-electron chi connectivity index (χ4n) is 2.81. The minimum atomic E-state index is -0.239. The molecule has 0 aliphatic carbocycles. The summed E-state index contributed by atoms with van der Waals surface area (Å²) < 4.78 is 12.6. The summed E-state index contributed by atoms with van der Waals surface area (Å²) in [6.45, 7) is 4.35. The number of halogens is 1. The maximum Gasteiger partial charge on any atom is 0.273 e. The van der Waals surface area contributed by atoms with Crippen LogP contribution in [0.4, 0.5) is 0 Å². The van der Waals surface area contributed by atoms with Gasteiger partial charge >= 0.3 is 0 Å². The molecule has 0 atom stereocenters. The Balaban J connectivity index is 1.87. The molecule has 0 spiro atoms. The molecule has 3 heterocycles. The number of fused-ring (bicyclic) bond motifs is 1. The average Bonchev–Trinajstić information content (AvgIpc) is 3.30. The topological polar surface area (TPSA) is 85.4 Å². The Labute approximate surface area is 159 Å². The molecule has 0 amide bonds. The van der Waals surface area contributed by atoms with Crippen LogP contribution in [0, 0.1) is 0 Å². The third-order valence-electron chi connectivity index (χ3n) is 4.16. The Kier molecular flexibility index (Phi) is 4.45. The van der Waals surface area contributed by atoms with Crippen LogP contribution in [0.25, 0.3) is 28.4 Å². The smallest absolute Gasteiger partial charge is 0.273 e. The molecule has 0 bridgehead atoms. The van der Waals surface area contributed by atoms with Crippen molar-refractivity contribution >= 4 is 17.2 Å². The van der Waals surface area contributed by atoms with Crippen LogP contribution in [0.2, 0.25) is 5.02 Å². The van der Waals surface area contributed by atoms with Gasteiger partial charge in [-0.3, -0.25) is 9.89 Å². The number of aromatic nitrogens is 4. The second-order valence-electron chi connectivity index (χ2n) is 5.89. The number of hydrogen-bond donors (Lipinski definition) is 1. The predicted octanol–water partition coefficient (Wildman–Crippen LogP) is 3.96. The highest BCUT2D eigenvalue weighted by molar-refractivity contribution is 6.32. The lowest BCUT2D eigenvalue weighted by atomic mass is 10.1. The largest absolute Gasteiger partial charge is 0.492 e. The molecule has 138 valence electrons. The van der Waals surface area contributed by atoms with E-state index in [4.69, 9.17) is 20.8 Å². The van der Waals surface area contributed by atoms with Crippen LogP contribution in [-0.2, 0) is 6.42 Å². The van der Waals surface area contributed by atoms with Gasteiger partial charge in [0, 0.05) is 24.2 Å². The molecule has 7 nitrogen and oxygen atoms in total. The van der Waals surface area contributed by atoms with Gasteiger partial charge in [0.15, 0.2) is 5.65 Å². The van der Waals surface area contributed by atoms with Crippen molar-refractivity contribution in [3.8, 4) is 28.5 Å². The van der Waals surface area contributed by atoms with Gasteiger partial charge in [0.2, 0.25) is 5.89 Å². The number of aromatic amines is 1. The van der Waals surface area contributed by atoms with Crippen molar-refractivity contribution < 1.29 is 9.15 Å². The van der Waals surface area contributed by atoms with Gasteiger partial charge in [-0.1, -0.05) is 24.6 Å². The number of oxazole rings is 1. The number of ether oxygens (including phenoxy) is 1. The molecule has 8 heteroatoms. The Morgan fingerprint density at radius 3 is 2.89 bits per heavy atom. The Morgan fingerprint density at radius 2 is 2.15 bits per heavy atom. The zero-order chi connectivity index (χ0) is 19.0. The molecule has 3 aromatic heterocycles. The van der Waals surface area contributed by atoms with E-state index in [1.165, 1.54) is 10.6 Å². The van der Waals surface area contributed by atoms with E-state index >= 15 is 0 Å². The van der Waals surface area contributed by atoms with E-state index in [9.17, 15) is 4.79 Å². The highest BCUT2D eigenvalue weighted by atomic mass is 35.5. The molecule has 0 radical (unpaired) electrons. The van der Waals surface area contributed by atoms with E-state index < -0.39 is 0 Å². The van der Waals surface area contributed by atoms with Crippen molar-refractivity contribution in [3.05, 3.63) is 57.8 Å². The molecule has 4 aromatic rings. The first-order chi connectivity index (χ1) is 13.1. The number of nitrogens with zero attached hydrogens (tertiary/aromatic N) is 3. The summed E-state index contributed by atoms with van der Waals surface area (Å²) in [4.78, 5) is 21.5. The van der Waals surface area contributed by atoms with Crippen molar-refractivity contribution in [3.63, 3.8) is 0 Å². The molecule has 0 aliphatic rings. The summed E-state index contributed by atoms with van der Waals surface area (Å²) in [6.07, 6.45) is 4.07. The van der Waals surface area contributed by atoms with Gasteiger partial charge in [0.05, 0.1) is 29.1 Å². The van der Waals surface area contributed by atoms with E-state index in [1.807, 2.05) is 13.8 Å². The normalized spacial score (nSPS) is 11.2. The number of nitrogens with one attached hydrogen (secondary N) is 1. The minimum Gasteiger partial charge on any atom is -0.492 e. The van der Waals surface area contributed by atoms with Gasteiger partial charge in [0.1, 0.15) is 11.5 Å². The number of hydrogen-bond acceptors (Lipinski definition) is 5. The lowest BCUT2D eigenvalue weighted by Gasteiger charge is -2.08. The number of benzene rings is 1. The molecule has 27 heavy (non-hydrogen) atoms. The maximum atomic E-state index is 12.5. The molecule has 0 saturated heterocycles. The molecular weight excluding hydrogens is 368 g/mol. The third-order valence-corrected chi connectivity index (χ3v) is 4.47. The third kappa shape index (κ3) is 3.10. The molecular formula is C19H17ClN4O3. The lowest BCUT2D eigenvalue weighted by molar-refractivity contribution is 0.340. The van der Waals surface area contributed by atoms with Crippen molar-refractivity contribution in [2.75, 3.05) is 6.61 Å². The van der Waals surface area contributed by atoms with Gasteiger partial charge in [0.25, 0.3) is 5.56 Å². The summed E-state index contributed by atoms with van der Waals surface area (Å²) in [5.41, 5.74) is 2.07. The van der Waals surface area contributed by atoms with E-state index in [1.54, 1.807) is 30.6 Å². The van der Waals surface area contributed by atoms with E-state index in [0.717, 1.165) is 17.7 Å². The highest BCUT2D eigenvalue weighted by Gasteiger charge is 2.16. The quantitative estimate of drug-likeness (QED) is 0.563. The first-order valence-corrected chi connectivity index (χ1v) is 8.97. The fourth-order valence-corrected chi connectivity index (χ4v) is 2.98. The summed E-state index contributed by atoms with van der Waals surface area (Å²) in [7, 11) is 0. The summed E-state index contributed by atoms with van der Waals surface area (Å²) in [6, 6.07) is 6.76. The zero-order valence-corrected chi connectivity index (χ0v) is 15.6. The van der Waals surface area contributed by atoms with Crippen molar-refractivity contribution in [1.82, 2.24) is 19.6 Å². The molecule has 4 rings (SSSR count). The van der Waals surface area contributed by atoms with Gasteiger partial charge in [-0.05, 0) is 19.1 Å². The lowest BCUT2D eigenvalue weighted by Crippen LogP contribution is -2.14. The first kappa shape index (κ1) is 17.4. The Hall–Kier alpha value is -3.06. The van der Waals surface area contributed by atoms with Gasteiger partial charge in [-0.15, -0.1) is 0 Å². The molecule has 0 fully saturated rings. The van der Waals surface area contributed by atoms with E-state index in [2.05, 4.69) is 15.1 Å². The van der Waals surface area contributed by atoms with E-state index in [0.29, 0.717) is 40.2 Å². The van der Waals surface area contributed by atoms with Crippen LogP contribution < -0.4 is 10.3 Å². The number of rotatable bonds is 5. The molecule has 0 unspecified atom stereocenters. The first-order valence-electron chi connectivity index (χ1n) is 8.59. The van der Waals surface area contributed by atoms with Crippen LogP contribution in [0.5, 0.6) is 5.75 Å². The molecule has 0 aliphatic heterocycles. The summed E-state index contributed by atoms with van der Waals surface area (Å²) >= 11 is 6.16. The minimum absolute atomic E-state index is 0.239. The van der Waals surface area contributed by atoms with Crippen LogP contribution in [0.15, 0.2) is 45.9 Å². The molecule has 0 saturated carbocycles. The van der Waals surface area contributed by atoms with Crippen LogP contribution in [0.3, 0.4) is 0 Å². The Morgan fingerprint density at radius 1 is 1.30 bits per heavy atom. The second kappa shape index (κ2) is 6.92.